The fraction of sp³-hybridized carbons (Fsp3) is 0.143. The van der Waals surface area contributed by atoms with E-state index in [1.165, 1.54) is 6.07 Å². The van der Waals surface area contributed by atoms with E-state index in [2.05, 4.69) is 0 Å². The van der Waals surface area contributed by atoms with E-state index in [-0.39, 0.29) is 10.7 Å². The van der Waals surface area contributed by atoms with Gasteiger partial charge in [0, 0.05) is 12.1 Å². The van der Waals surface area contributed by atoms with Gasteiger partial charge in [0.05, 0.1) is 10.7 Å². The van der Waals surface area contributed by atoms with Gasteiger partial charge in [0.1, 0.15) is 11.6 Å². The van der Waals surface area contributed by atoms with E-state index in [9.17, 15) is 4.39 Å². The molecule has 2 aromatic rings. The summed E-state index contributed by atoms with van der Waals surface area (Å²) in [5.41, 5.74) is 7.97. The number of anilines is 1. The maximum Gasteiger partial charge on any atom is 0.152 e. The predicted octanol–water partition coefficient (Wildman–Crippen LogP) is 4.47. The average Bonchev–Trinajstić information content (AvgIpc) is 2.30. The Morgan fingerprint density at radius 2 is 1.83 bits per heavy atom. The zero-order valence-electron chi connectivity index (χ0n) is 10.1. The Labute approximate surface area is 110 Å². The first kappa shape index (κ1) is 12.7. The molecule has 0 spiro atoms. The summed E-state index contributed by atoms with van der Waals surface area (Å²) >= 11 is 5.71. The highest BCUT2D eigenvalue weighted by atomic mass is 35.5. The zero-order valence-corrected chi connectivity index (χ0v) is 10.9. The number of ether oxygens (including phenoxy) is 1. The van der Waals surface area contributed by atoms with E-state index in [4.69, 9.17) is 22.1 Å². The van der Waals surface area contributed by atoms with Crippen LogP contribution in [0.25, 0.3) is 0 Å². The Morgan fingerprint density at radius 1 is 1.11 bits per heavy atom. The van der Waals surface area contributed by atoms with Gasteiger partial charge in [-0.25, -0.2) is 4.39 Å². The van der Waals surface area contributed by atoms with E-state index in [0.29, 0.717) is 11.5 Å². The summed E-state index contributed by atoms with van der Waals surface area (Å²) in [6, 6.07) is 8.37. The second-order valence-corrected chi connectivity index (χ2v) is 4.58. The SMILES string of the molecule is Cc1ccc(C)c(Oc2cc(Cl)c(F)cc2N)c1. The molecular weight excluding hydrogens is 253 g/mol. The summed E-state index contributed by atoms with van der Waals surface area (Å²) in [5.74, 6) is 0.488. The fourth-order valence-electron chi connectivity index (χ4n) is 1.57. The van der Waals surface area contributed by atoms with Crippen LogP contribution in [0.3, 0.4) is 0 Å². The van der Waals surface area contributed by atoms with Crippen LogP contribution in [0, 0.1) is 19.7 Å². The van der Waals surface area contributed by atoms with E-state index >= 15 is 0 Å². The first-order valence-corrected chi connectivity index (χ1v) is 5.85. The van der Waals surface area contributed by atoms with E-state index in [1.54, 1.807) is 0 Å². The highest BCUT2D eigenvalue weighted by Gasteiger charge is 2.09. The summed E-state index contributed by atoms with van der Waals surface area (Å²) in [5, 5.41) is -0.00972. The Hall–Kier alpha value is -1.74. The van der Waals surface area contributed by atoms with E-state index < -0.39 is 5.82 Å². The topological polar surface area (TPSA) is 35.2 Å². The number of benzene rings is 2. The van der Waals surface area contributed by atoms with Gasteiger partial charge in [-0.05, 0) is 31.0 Å². The third kappa shape index (κ3) is 2.57. The third-order valence-electron chi connectivity index (χ3n) is 2.62. The van der Waals surface area contributed by atoms with Gasteiger partial charge >= 0.3 is 0 Å². The standard InChI is InChI=1S/C14H13ClFNO/c1-8-3-4-9(2)13(5-8)18-14-6-10(15)11(16)7-12(14)17/h3-7H,17H2,1-2H3. The largest absolute Gasteiger partial charge is 0.455 e. The molecule has 2 nitrogen and oxygen atoms in total. The molecule has 2 rings (SSSR count). The molecular formula is C14H13ClFNO. The molecule has 0 radical (unpaired) electrons. The van der Waals surface area contributed by atoms with Crippen molar-refractivity contribution in [3.8, 4) is 11.5 Å². The van der Waals surface area contributed by atoms with Crippen molar-refractivity contribution in [3.05, 3.63) is 52.3 Å². The molecule has 4 heteroatoms. The molecule has 0 unspecified atom stereocenters. The Balaban J connectivity index is 2.40. The van der Waals surface area contributed by atoms with Gasteiger partial charge in [-0.2, -0.15) is 0 Å². The lowest BCUT2D eigenvalue weighted by Crippen LogP contribution is -1.95. The monoisotopic (exact) mass is 265 g/mol. The number of nitrogen functional groups attached to an aromatic ring is 1. The van der Waals surface area contributed by atoms with E-state index in [1.807, 2.05) is 32.0 Å². The minimum atomic E-state index is -0.553. The molecule has 0 aliphatic rings. The molecule has 0 saturated heterocycles. The molecule has 0 aromatic heterocycles. The zero-order chi connectivity index (χ0) is 13.3. The third-order valence-corrected chi connectivity index (χ3v) is 2.91. The van der Waals surface area contributed by atoms with Crippen LogP contribution in [-0.4, -0.2) is 0 Å². The number of halogens is 2. The van der Waals surface area contributed by atoms with Crippen molar-refractivity contribution >= 4 is 17.3 Å². The smallest absolute Gasteiger partial charge is 0.152 e. The highest BCUT2D eigenvalue weighted by Crippen LogP contribution is 2.33. The number of hydrogen-bond donors (Lipinski definition) is 1. The van der Waals surface area contributed by atoms with Crippen LogP contribution < -0.4 is 10.5 Å². The van der Waals surface area contributed by atoms with Gasteiger partial charge in [0.25, 0.3) is 0 Å². The van der Waals surface area contributed by atoms with Crippen molar-refractivity contribution < 1.29 is 9.13 Å². The molecule has 0 heterocycles. The normalized spacial score (nSPS) is 10.4. The van der Waals surface area contributed by atoms with Gasteiger partial charge in [-0.3, -0.25) is 0 Å². The molecule has 2 aromatic carbocycles. The summed E-state index contributed by atoms with van der Waals surface area (Å²) in [7, 11) is 0. The minimum Gasteiger partial charge on any atom is -0.455 e. The van der Waals surface area contributed by atoms with Crippen LogP contribution in [0.5, 0.6) is 11.5 Å². The second-order valence-electron chi connectivity index (χ2n) is 4.18. The van der Waals surface area contributed by atoms with Crippen molar-refractivity contribution in [2.45, 2.75) is 13.8 Å². The number of hydrogen-bond acceptors (Lipinski definition) is 2. The molecule has 0 fully saturated rings. The first-order chi connectivity index (χ1) is 8.47. The molecule has 94 valence electrons. The fourth-order valence-corrected chi connectivity index (χ4v) is 1.72. The highest BCUT2D eigenvalue weighted by molar-refractivity contribution is 6.31. The van der Waals surface area contributed by atoms with Gasteiger partial charge in [0.15, 0.2) is 5.75 Å². The van der Waals surface area contributed by atoms with Crippen LogP contribution in [0.1, 0.15) is 11.1 Å². The second kappa shape index (κ2) is 4.86. The number of aryl methyl sites for hydroxylation is 2. The van der Waals surface area contributed by atoms with Gasteiger partial charge in [-0.15, -0.1) is 0 Å². The van der Waals surface area contributed by atoms with Gasteiger partial charge in [-0.1, -0.05) is 23.7 Å². The van der Waals surface area contributed by atoms with Crippen molar-refractivity contribution in [1.82, 2.24) is 0 Å². The van der Waals surface area contributed by atoms with Crippen molar-refractivity contribution in [3.63, 3.8) is 0 Å². The summed E-state index contributed by atoms with van der Waals surface area (Å²) in [6.07, 6.45) is 0. The molecule has 0 amide bonds. The number of nitrogens with two attached hydrogens (primary N) is 1. The Kier molecular flexibility index (Phi) is 3.43. The molecule has 18 heavy (non-hydrogen) atoms. The maximum atomic E-state index is 13.2. The Bertz CT molecular complexity index is 599. The lowest BCUT2D eigenvalue weighted by atomic mass is 10.1. The van der Waals surface area contributed by atoms with Crippen LogP contribution in [0.15, 0.2) is 30.3 Å². The Morgan fingerprint density at radius 3 is 2.56 bits per heavy atom. The van der Waals surface area contributed by atoms with Crippen LogP contribution in [0.4, 0.5) is 10.1 Å². The lowest BCUT2D eigenvalue weighted by molar-refractivity contribution is 0.479. The molecule has 0 saturated carbocycles. The number of rotatable bonds is 2. The van der Waals surface area contributed by atoms with E-state index in [0.717, 1.165) is 17.2 Å². The van der Waals surface area contributed by atoms with Crippen molar-refractivity contribution in [2.75, 3.05) is 5.73 Å². The van der Waals surface area contributed by atoms with Crippen molar-refractivity contribution in [2.24, 2.45) is 0 Å². The van der Waals surface area contributed by atoms with Crippen LogP contribution >= 0.6 is 11.6 Å². The quantitative estimate of drug-likeness (QED) is 0.813. The summed E-state index contributed by atoms with van der Waals surface area (Å²) in [6.45, 7) is 3.89. The molecule has 0 bridgehead atoms. The molecule has 0 atom stereocenters. The minimum absolute atomic E-state index is 0.00972. The molecule has 0 aliphatic carbocycles. The maximum absolute atomic E-state index is 13.2. The average molecular weight is 266 g/mol. The van der Waals surface area contributed by atoms with Crippen molar-refractivity contribution in [1.29, 1.82) is 0 Å². The van der Waals surface area contributed by atoms with Gasteiger partial charge < -0.3 is 10.5 Å². The van der Waals surface area contributed by atoms with Crippen LogP contribution in [-0.2, 0) is 0 Å². The molecule has 0 aliphatic heterocycles. The predicted molar refractivity (Wildman–Crippen MR) is 71.8 cm³/mol. The summed E-state index contributed by atoms with van der Waals surface area (Å²) < 4.78 is 18.9. The van der Waals surface area contributed by atoms with Gasteiger partial charge in [0.2, 0.25) is 0 Å². The molecule has 2 N–H and O–H groups in total. The summed E-state index contributed by atoms with van der Waals surface area (Å²) in [4.78, 5) is 0. The lowest BCUT2D eigenvalue weighted by Gasteiger charge is -2.12. The first-order valence-electron chi connectivity index (χ1n) is 5.47. The van der Waals surface area contributed by atoms with Crippen LogP contribution in [0.2, 0.25) is 5.02 Å².